The summed E-state index contributed by atoms with van der Waals surface area (Å²) in [6.45, 7) is 2.63. The third kappa shape index (κ3) is 6.38. The molecule has 2 unspecified atom stereocenters. The minimum atomic E-state index is -4.07. The van der Waals surface area contributed by atoms with Gasteiger partial charge in [-0.2, -0.15) is 4.98 Å². The lowest BCUT2D eigenvalue weighted by atomic mass is 9.97. The molecule has 2 fully saturated rings. The van der Waals surface area contributed by atoms with Crippen LogP contribution in [0.5, 0.6) is 0 Å². The van der Waals surface area contributed by atoms with Crippen molar-refractivity contribution in [1.82, 2.24) is 9.55 Å². The lowest BCUT2D eigenvalue weighted by Crippen LogP contribution is -2.46. The first-order valence-corrected chi connectivity index (χ1v) is 13.0. The number of benzene rings is 1. The molecule has 4 atom stereocenters. The smallest absolute Gasteiger partial charge is 0.424 e. The van der Waals surface area contributed by atoms with Crippen molar-refractivity contribution in [3.8, 4) is 0 Å². The van der Waals surface area contributed by atoms with Gasteiger partial charge in [0.1, 0.15) is 24.3 Å². The van der Waals surface area contributed by atoms with Gasteiger partial charge < -0.3 is 19.9 Å². The van der Waals surface area contributed by atoms with Crippen LogP contribution in [0.1, 0.15) is 31.9 Å². The van der Waals surface area contributed by atoms with Crippen molar-refractivity contribution in [3.05, 3.63) is 56.6 Å². The number of ether oxygens (including phenoxy) is 3. The summed E-state index contributed by atoms with van der Waals surface area (Å²) in [6, 6.07) is 6.29. The maximum absolute atomic E-state index is 13.3. The average Bonchev–Trinajstić information content (AvgIpc) is 3.06. The molecule has 4 rings (SSSR count). The fourth-order valence-corrected chi connectivity index (χ4v) is 5.67. The highest BCUT2D eigenvalue weighted by Crippen LogP contribution is 2.57. The Labute approximate surface area is 216 Å². The van der Waals surface area contributed by atoms with Crippen molar-refractivity contribution < 1.29 is 37.1 Å². The van der Waals surface area contributed by atoms with Crippen LogP contribution in [0.3, 0.4) is 0 Å². The van der Waals surface area contributed by atoms with Gasteiger partial charge in [0.15, 0.2) is 6.10 Å². The van der Waals surface area contributed by atoms with E-state index in [1.54, 1.807) is 32.0 Å². The highest BCUT2D eigenvalue weighted by molar-refractivity contribution is 7.48. The van der Waals surface area contributed by atoms with Crippen LogP contribution in [0, 0.1) is 0 Å². The van der Waals surface area contributed by atoms with E-state index in [-0.39, 0.29) is 25.8 Å². The quantitative estimate of drug-likeness (QED) is 0.365. The van der Waals surface area contributed by atoms with Crippen LogP contribution in [0.25, 0.3) is 0 Å². The van der Waals surface area contributed by atoms with E-state index in [0.717, 1.165) is 4.57 Å². The van der Waals surface area contributed by atoms with Crippen LogP contribution in [0.15, 0.2) is 35.3 Å². The molecule has 2 saturated heterocycles. The number of rotatable bonds is 8. The number of halogens is 2. The Morgan fingerprint density at radius 2 is 2.00 bits per heavy atom. The highest BCUT2D eigenvalue weighted by Gasteiger charge is 2.50. The van der Waals surface area contributed by atoms with Gasteiger partial charge in [0.05, 0.1) is 19.3 Å². The fourth-order valence-electron chi connectivity index (χ4n) is 3.74. The Bertz CT molecular complexity index is 1220. The predicted molar refractivity (Wildman–Crippen MR) is 128 cm³/mol. The number of carbonyl (C=O) groups excluding carboxylic acids is 1. The zero-order valence-electron chi connectivity index (χ0n) is 19.3. The van der Waals surface area contributed by atoms with Gasteiger partial charge in [-0.05, 0) is 43.7 Å². The van der Waals surface area contributed by atoms with Gasteiger partial charge in [0.2, 0.25) is 0 Å². The molecule has 2 aromatic rings. The van der Waals surface area contributed by atoms with Crippen LogP contribution in [0.2, 0.25) is 10.0 Å². The van der Waals surface area contributed by atoms with Gasteiger partial charge in [-0.3, -0.25) is 18.1 Å². The molecule has 0 bridgehead atoms. The van der Waals surface area contributed by atoms with Gasteiger partial charge in [0.25, 0.3) is 0 Å². The third-order valence-electron chi connectivity index (χ3n) is 5.46. The number of hydrogen-bond donors (Lipinski definition) is 1. The molecule has 3 heterocycles. The topological polar surface area (TPSA) is 150 Å². The van der Waals surface area contributed by atoms with Crippen LogP contribution in [0.4, 0.5) is 10.6 Å². The van der Waals surface area contributed by atoms with Crippen LogP contribution >= 0.6 is 31.0 Å². The molecule has 0 spiro atoms. The Kier molecular flexibility index (Phi) is 7.96. The standard InChI is InChI=1S/C21H24Cl2N3O9P/c1-21(2)18(33-20(28)34-21)16(30-11-26-5-3-17(24)25-19(26)27)10-32-36(29)31-6-4-15(35-36)12-7-13(22)9-14(23)8-12/h3,5,7-9,15-16,18H,4,6,10-11H2,1-2H3,(H2,24,25,27)/t15?,16-,18-,36?/m1/s1. The SMILES string of the molecule is CC1(C)OC(=O)O[C@@H]1[C@@H](COP1(=O)OCCC(c2cc(Cl)cc(Cl)c2)O1)OCn1ccc(N)nc1=O. The number of aromatic nitrogens is 2. The van der Waals surface area contributed by atoms with Crippen LogP contribution in [-0.4, -0.2) is 46.7 Å². The normalized spacial score (nSPS) is 26.3. The number of hydrogen-bond acceptors (Lipinski definition) is 11. The summed E-state index contributed by atoms with van der Waals surface area (Å²) in [5, 5.41) is 0.795. The maximum atomic E-state index is 13.3. The molecule has 2 aliphatic rings. The van der Waals surface area contributed by atoms with Crippen LogP contribution < -0.4 is 11.4 Å². The summed E-state index contributed by atoms with van der Waals surface area (Å²) in [6.07, 6.45) is -1.78. The molecule has 1 aromatic carbocycles. The zero-order chi connectivity index (χ0) is 26.1. The molecule has 196 valence electrons. The zero-order valence-corrected chi connectivity index (χ0v) is 21.7. The largest absolute Gasteiger partial charge is 0.509 e. The molecular weight excluding hydrogens is 540 g/mol. The van der Waals surface area contributed by atoms with Crippen molar-refractivity contribution in [2.24, 2.45) is 0 Å². The number of anilines is 1. The summed E-state index contributed by atoms with van der Waals surface area (Å²) < 4.78 is 47.3. The highest BCUT2D eigenvalue weighted by atomic mass is 35.5. The van der Waals surface area contributed by atoms with Crippen molar-refractivity contribution in [2.75, 3.05) is 18.9 Å². The number of nitrogens with zero attached hydrogens (tertiary/aromatic N) is 2. The molecule has 0 radical (unpaired) electrons. The minimum absolute atomic E-state index is 0.0515. The monoisotopic (exact) mass is 563 g/mol. The van der Waals surface area contributed by atoms with E-state index in [0.29, 0.717) is 22.0 Å². The van der Waals surface area contributed by atoms with Crippen molar-refractivity contribution >= 4 is 43.0 Å². The second-order valence-electron chi connectivity index (χ2n) is 8.59. The van der Waals surface area contributed by atoms with Crippen molar-refractivity contribution in [3.63, 3.8) is 0 Å². The molecule has 36 heavy (non-hydrogen) atoms. The number of carbonyl (C=O) groups is 1. The van der Waals surface area contributed by atoms with E-state index in [4.69, 9.17) is 56.7 Å². The molecule has 12 nitrogen and oxygen atoms in total. The predicted octanol–water partition coefficient (Wildman–Crippen LogP) is 4.09. The molecule has 1 aromatic heterocycles. The Balaban J connectivity index is 1.49. The van der Waals surface area contributed by atoms with Gasteiger partial charge in [-0.15, -0.1) is 0 Å². The fraction of sp³-hybridized carbons (Fsp3) is 0.476. The lowest BCUT2D eigenvalue weighted by molar-refractivity contribution is -0.107. The lowest BCUT2D eigenvalue weighted by Gasteiger charge is -2.32. The summed E-state index contributed by atoms with van der Waals surface area (Å²) in [7, 11) is -4.07. The summed E-state index contributed by atoms with van der Waals surface area (Å²) >= 11 is 12.2. The van der Waals surface area contributed by atoms with E-state index < -0.39 is 43.6 Å². The molecule has 0 aliphatic carbocycles. The molecule has 0 saturated carbocycles. The number of phosphoric ester groups is 1. The number of nitrogen functional groups attached to an aromatic ring is 1. The average molecular weight is 564 g/mol. The van der Waals surface area contributed by atoms with Gasteiger partial charge in [-0.25, -0.2) is 14.2 Å². The van der Waals surface area contributed by atoms with E-state index in [1.807, 2.05) is 0 Å². The van der Waals surface area contributed by atoms with Gasteiger partial charge >= 0.3 is 19.7 Å². The van der Waals surface area contributed by atoms with E-state index >= 15 is 0 Å². The van der Waals surface area contributed by atoms with Gasteiger partial charge in [-0.1, -0.05) is 23.2 Å². The van der Waals surface area contributed by atoms with Gasteiger partial charge in [0, 0.05) is 22.7 Å². The van der Waals surface area contributed by atoms with Crippen molar-refractivity contribution in [1.29, 1.82) is 0 Å². The van der Waals surface area contributed by atoms with E-state index in [2.05, 4.69) is 4.98 Å². The first kappa shape index (κ1) is 26.9. The second-order valence-corrected chi connectivity index (χ2v) is 11.1. The first-order chi connectivity index (χ1) is 16.9. The third-order valence-corrected chi connectivity index (χ3v) is 7.37. The second kappa shape index (κ2) is 10.7. The number of cyclic esters (lactones) is 2. The van der Waals surface area contributed by atoms with E-state index in [1.165, 1.54) is 12.3 Å². The number of nitrogens with two attached hydrogens (primary N) is 1. The summed E-state index contributed by atoms with van der Waals surface area (Å²) in [5.74, 6) is 0.0515. The Morgan fingerprint density at radius 1 is 1.28 bits per heavy atom. The molecule has 2 aliphatic heterocycles. The molecule has 2 N–H and O–H groups in total. The Morgan fingerprint density at radius 3 is 2.64 bits per heavy atom. The Hall–Kier alpha value is -2.18. The minimum Gasteiger partial charge on any atom is -0.424 e. The first-order valence-electron chi connectivity index (χ1n) is 10.8. The van der Waals surface area contributed by atoms with E-state index in [9.17, 15) is 14.2 Å². The molecule has 15 heteroatoms. The summed E-state index contributed by atoms with van der Waals surface area (Å²) in [4.78, 5) is 27.5. The van der Waals surface area contributed by atoms with Crippen LogP contribution in [-0.2, 0) is 39.1 Å². The van der Waals surface area contributed by atoms with Crippen molar-refractivity contribution in [2.45, 2.75) is 50.9 Å². The molecular formula is C21H24Cl2N3O9P. The maximum Gasteiger partial charge on any atom is 0.509 e. The summed E-state index contributed by atoms with van der Waals surface area (Å²) in [5.41, 5.74) is 4.37. The molecule has 0 amide bonds. The number of phosphoric acid groups is 1.